The highest BCUT2D eigenvalue weighted by Gasteiger charge is 2.08. The van der Waals surface area contributed by atoms with Crippen molar-refractivity contribution in [2.45, 2.75) is 26.2 Å². The predicted octanol–water partition coefficient (Wildman–Crippen LogP) is 2.47. The molecule has 3 heteroatoms. The highest BCUT2D eigenvalue weighted by molar-refractivity contribution is 5.80. The van der Waals surface area contributed by atoms with Gasteiger partial charge in [0.25, 0.3) is 0 Å². The molecule has 2 rings (SSSR count). The monoisotopic (exact) mass is 175 g/mol. The minimum absolute atomic E-state index is 0.550. The molecule has 0 aromatic carbocycles. The lowest BCUT2D eigenvalue weighted by molar-refractivity contribution is 0.736. The molecule has 0 saturated heterocycles. The van der Waals surface area contributed by atoms with Gasteiger partial charge in [0.15, 0.2) is 0 Å². The van der Waals surface area contributed by atoms with E-state index in [0.29, 0.717) is 5.92 Å². The first-order valence-electron chi connectivity index (χ1n) is 4.60. The van der Waals surface area contributed by atoms with Crippen molar-refractivity contribution in [1.29, 1.82) is 0 Å². The lowest BCUT2D eigenvalue weighted by atomic mass is 9.98. The molecule has 0 aliphatic heterocycles. The molecule has 13 heavy (non-hydrogen) atoms. The van der Waals surface area contributed by atoms with Crippen LogP contribution in [0.2, 0.25) is 0 Å². The van der Waals surface area contributed by atoms with Crippen LogP contribution >= 0.6 is 0 Å². The Balaban J connectivity index is 2.60. The average molecular weight is 175 g/mol. The van der Waals surface area contributed by atoms with Gasteiger partial charge in [0, 0.05) is 11.6 Å². The lowest BCUT2D eigenvalue weighted by Crippen LogP contribution is -1.92. The van der Waals surface area contributed by atoms with Crippen LogP contribution in [0.15, 0.2) is 18.6 Å². The van der Waals surface area contributed by atoms with Gasteiger partial charge in [-0.05, 0) is 17.9 Å². The van der Waals surface area contributed by atoms with E-state index in [-0.39, 0.29) is 0 Å². The zero-order valence-electron chi connectivity index (χ0n) is 7.91. The highest BCUT2D eigenvalue weighted by atomic mass is 15.1. The largest absolute Gasteiger partial charge is 0.276 e. The van der Waals surface area contributed by atoms with Crippen LogP contribution < -0.4 is 0 Å². The van der Waals surface area contributed by atoms with Gasteiger partial charge in [-0.1, -0.05) is 13.8 Å². The second-order valence-corrected chi connectivity index (χ2v) is 3.37. The Hall–Kier alpha value is -1.38. The van der Waals surface area contributed by atoms with E-state index in [2.05, 4.69) is 29.0 Å². The fraction of sp³-hybridized carbons (Fsp3) is 0.400. The van der Waals surface area contributed by atoms with E-state index in [1.165, 1.54) is 10.9 Å². The zero-order valence-corrected chi connectivity index (χ0v) is 7.91. The third-order valence-corrected chi connectivity index (χ3v) is 2.54. The van der Waals surface area contributed by atoms with Crippen molar-refractivity contribution in [3.05, 3.63) is 24.2 Å². The van der Waals surface area contributed by atoms with E-state index < -0.39 is 0 Å². The average Bonchev–Trinajstić information content (AvgIpc) is 2.63. The molecule has 0 saturated carbocycles. The molecule has 0 bridgehead atoms. The standard InChI is InChI=1S/C10H13N3/c1-3-7(2)8-4-11-6-10-9(8)5-12-13-10/h4-7H,3H2,1-2H3,(H,12,13). The third-order valence-electron chi connectivity index (χ3n) is 2.54. The smallest absolute Gasteiger partial charge is 0.0836 e. The maximum atomic E-state index is 4.18. The summed E-state index contributed by atoms with van der Waals surface area (Å²) in [6, 6.07) is 0. The van der Waals surface area contributed by atoms with Crippen molar-refractivity contribution in [2.75, 3.05) is 0 Å². The Morgan fingerprint density at radius 2 is 2.23 bits per heavy atom. The van der Waals surface area contributed by atoms with Gasteiger partial charge in [-0.2, -0.15) is 5.10 Å². The Bertz CT molecular complexity index is 405. The lowest BCUT2D eigenvalue weighted by Gasteiger charge is -2.08. The molecule has 0 fully saturated rings. The first kappa shape index (κ1) is 8.23. The number of nitrogens with one attached hydrogen (secondary N) is 1. The van der Waals surface area contributed by atoms with Gasteiger partial charge in [0.2, 0.25) is 0 Å². The molecule has 2 aromatic heterocycles. The minimum Gasteiger partial charge on any atom is -0.276 e. The Morgan fingerprint density at radius 3 is 3.00 bits per heavy atom. The molecule has 68 valence electrons. The molecule has 2 heterocycles. The molecule has 3 nitrogen and oxygen atoms in total. The van der Waals surface area contributed by atoms with Crippen LogP contribution in [-0.4, -0.2) is 15.2 Å². The molecule has 0 aliphatic rings. The number of aromatic amines is 1. The Kier molecular flexibility index (Phi) is 2.00. The van der Waals surface area contributed by atoms with Crippen molar-refractivity contribution in [1.82, 2.24) is 15.2 Å². The number of aromatic nitrogens is 3. The van der Waals surface area contributed by atoms with E-state index in [1.807, 2.05) is 18.6 Å². The molecule has 0 aliphatic carbocycles. The summed E-state index contributed by atoms with van der Waals surface area (Å²) in [5.41, 5.74) is 2.31. The van der Waals surface area contributed by atoms with Crippen LogP contribution in [-0.2, 0) is 0 Å². The highest BCUT2D eigenvalue weighted by Crippen LogP contribution is 2.24. The van der Waals surface area contributed by atoms with Crippen LogP contribution in [0.5, 0.6) is 0 Å². The fourth-order valence-electron chi connectivity index (χ4n) is 1.50. The second kappa shape index (κ2) is 3.17. The summed E-state index contributed by atoms with van der Waals surface area (Å²) in [5.74, 6) is 0.550. The number of nitrogens with zero attached hydrogens (tertiary/aromatic N) is 2. The number of hydrogen-bond donors (Lipinski definition) is 1. The Labute approximate surface area is 77.2 Å². The van der Waals surface area contributed by atoms with Gasteiger partial charge in [-0.25, -0.2) is 0 Å². The normalized spacial score (nSPS) is 13.4. The number of hydrogen-bond acceptors (Lipinski definition) is 2. The molecule has 1 unspecified atom stereocenters. The van der Waals surface area contributed by atoms with Crippen LogP contribution in [0.3, 0.4) is 0 Å². The number of pyridine rings is 1. The van der Waals surface area contributed by atoms with E-state index >= 15 is 0 Å². The van der Waals surface area contributed by atoms with Crippen molar-refractivity contribution in [3.63, 3.8) is 0 Å². The SMILES string of the molecule is CCC(C)c1cncc2[nH]ncc12. The van der Waals surface area contributed by atoms with Crippen LogP contribution in [0.4, 0.5) is 0 Å². The Morgan fingerprint density at radius 1 is 1.38 bits per heavy atom. The summed E-state index contributed by atoms with van der Waals surface area (Å²) in [5, 5.41) is 8.14. The predicted molar refractivity (Wildman–Crippen MR) is 52.6 cm³/mol. The molecule has 0 spiro atoms. The summed E-state index contributed by atoms with van der Waals surface area (Å²) in [7, 11) is 0. The first-order valence-corrected chi connectivity index (χ1v) is 4.60. The number of rotatable bonds is 2. The maximum Gasteiger partial charge on any atom is 0.0836 e. The van der Waals surface area contributed by atoms with Gasteiger partial charge in [0.05, 0.1) is 17.9 Å². The van der Waals surface area contributed by atoms with E-state index in [9.17, 15) is 0 Å². The van der Waals surface area contributed by atoms with Gasteiger partial charge in [0.1, 0.15) is 0 Å². The van der Waals surface area contributed by atoms with Crippen LogP contribution in [0, 0.1) is 0 Å². The quantitative estimate of drug-likeness (QED) is 0.761. The second-order valence-electron chi connectivity index (χ2n) is 3.37. The molecule has 0 radical (unpaired) electrons. The first-order chi connectivity index (χ1) is 6.33. The molecule has 0 amide bonds. The molecular weight excluding hydrogens is 162 g/mol. The summed E-state index contributed by atoms with van der Waals surface area (Å²) in [6.45, 7) is 4.40. The number of fused-ring (bicyclic) bond motifs is 1. The molecule has 1 N–H and O–H groups in total. The van der Waals surface area contributed by atoms with Crippen molar-refractivity contribution in [3.8, 4) is 0 Å². The fourth-order valence-corrected chi connectivity index (χ4v) is 1.50. The van der Waals surface area contributed by atoms with Gasteiger partial charge in [-0.3, -0.25) is 10.1 Å². The maximum absolute atomic E-state index is 4.18. The minimum atomic E-state index is 0.550. The van der Waals surface area contributed by atoms with E-state index in [0.717, 1.165) is 11.9 Å². The summed E-state index contributed by atoms with van der Waals surface area (Å²) < 4.78 is 0. The van der Waals surface area contributed by atoms with Gasteiger partial charge in [-0.15, -0.1) is 0 Å². The van der Waals surface area contributed by atoms with Crippen LogP contribution in [0.25, 0.3) is 10.9 Å². The van der Waals surface area contributed by atoms with E-state index in [1.54, 1.807) is 0 Å². The summed E-state index contributed by atoms with van der Waals surface area (Å²) in [4.78, 5) is 4.18. The topological polar surface area (TPSA) is 41.6 Å². The number of H-pyrrole nitrogens is 1. The third kappa shape index (κ3) is 1.30. The zero-order chi connectivity index (χ0) is 9.26. The van der Waals surface area contributed by atoms with Crippen molar-refractivity contribution in [2.24, 2.45) is 0 Å². The van der Waals surface area contributed by atoms with Crippen molar-refractivity contribution >= 4 is 10.9 Å². The van der Waals surface area contributed by atoms with Gasteiger partial charge >= 0.3 is 0 Å². The van der Waals surface area contributed by atoms with Gasteiger partial charge < -0.3 is 0 Å². The molecular formula is C10H13N3. The molecule has 1 atom stereocenters. The van der Waals surface area contributed by atoms with E-state index in [4.69, 9.17) is 0 Å². The summed E-state index contributed by atoms with van der Waals surface area (Å²) in [6.07, 6.45) is 6.75. The van der Waals surface area contributed by atoms with Crippen LogP contribution in [0.1, 0.15) is 31.7 Å². The van der Waals surface area contributed by atoms with Crippen molar-refractivity contribution < 1.29 is 0 Å². The summed E-state index contributed by atoms with van der Waals surface area (Å²) >= 11 is 0. The molecule has 2 aromatic rings.